The van der Waals surface area contributed by atoms with Gasteiger partial charge in [-0.2, -0.15) is 0 Å². The highest BCUT2D eigenvalue weighted by atomic mass is 16.7. The fourth-order valence-electron chi connectivity index (χ4n) is 3.50. The third kappa shape index (κ3) is 3.80. The summed E-state index contributed by atoms with van der Waals surface area (Å²) >= 11 is 0. The van der Waals surface area contributed by atoms with Gasteiger partial charge in [-0.1, -0.05) is 12.1 Å². The predicted molar refractivity (Wildman–Crippen MR) is 102 cm³/mol. The van der Waals surface area contributed by atoms with Crippen LogP contribution in [0.3, 0.4) is 0 Å². The lowest BCUT2D eigenvalue weighted by molar-refractivity contribution is -0.242. The lowest BCUT2D eigenvalue weighted by Crippen LogP contribution is -2.54. The Kier molecular flexibility index (Phi) is 5.52. The van der Waals surface area contributed by atoms with Gasteiger partial charge >= 0.3 is 0 Å². The molecular formula is C21H22O9. The van der Waals surface area contributed by atoms with Crippen LogP contribution >= 0.6 is 0 Å². The first-order valence-corrected chi connectivity index (χ1v) is 9.40. The van der Waals surface area contributed by atoms with Crippen molar-refractivity contribution in [1.29, 1.82) is 0 Å². The zero-order valence-corrected chi connectivity index (χ0v) is 16.1. The van der Waals surface area contributed by atoms with Gasteiger partial charge in [0.2, 0.25) is 6.29 Å². The Labute approximate surface area is 172 Å². The highest BCUT2D eigenvalue weighted by Gasteiger charge is 2.39. The normalized spacial score (nSPS) is 28.4. The molecule has 2 heterocycles. The van der Waals surface area contributed by atoms with Gasteiger partial charge < -0.3 is 39.4 Å². The Morgan fingerprint density at radius 1 is 1.03 bits per heavy atom. The summed E-state index contributed by atoms with van der Waals surface area (Å²) in [6, 6.07) is 9.73. The average molecular weight is 418 g/mol. The summed E-state index contributed by atoms with van der Waals surface area (Å²) in [5.74, 6) is 0.267. The topological polar surface area (TPSA) is 135 Å². The second kappa shape index (κ2) is 8.11. The fourth-order valence-corrected chi connectivity index (χ4v) is 3.50. The zero-order chi connectivity index (χ0) is 21.4. The molecule has 0 spiro atoms. The molecule has 2 aliphatic heterocycles. The predicted octanol–water partition coefficient (Wildman–Crippen LogP) is 0.925. The summed E-state index contributed by atoms with van der Waals surface area (Å²) in [6.45, 7) is -0.228. The number of aliphatic hydroxyl groups is 3. The number of aliphatic hydroxyl groups excluding tert-OH is 3. The van der Waals surface area contributed by atoms with Crippen LogP contribution in [0.2, 0.25) is 0 Å². The Hall–Kier alpha value is -2.85. The minimum absolute atomic E-state index is 0.0488. The van der Waals surface area contributed by atoms with E-state index in [0.717, 1.165) is 5.56 Å². The Morgan fingerprint density at radius 3 is 2.47 bits per heavy atom. The van der Waals surface area contributed by atoms with Crippen LogP contribution in [-0.4, -0.2) is 64.5 Å². The van der Waals surface area contributed by atoms with Crippen molar-refractivity contribution in [1.82, 2.24) is 0 Å². The number of aromatic hydroxyl groups is 1. The molecule has 4 N–H and O–H groups in total. The molecule has 1 saturated heterocycles. The first-order chi connectivity index (χ1) is 14.4. The number of fused-ring (bicyclic) bond motifs is 1. The smallest absolute Gasteiger partial charge is 0.228 e. The minimum atomic E-state index is -1.50. The van der Waals surface area contributed by atoms with Crippen LogP contribution in [-0.2, 0) is 4.74 Å². The van der Waals surface area contributed by atoms with Gasteiger partial charge in [0, 0.05) is 12.1 Å². The lowest BCUT2D eigenvalue weighted by Gasteiger charge is -2.35. The SMILES string of the molecule is COc1ccc(C2CC(=O)c3c(O)cc(OC4OCC(O)C(O)C4O)cc3O2)cc1. The first-order valence-electron chi connectivity index (χ1n) is 9.40. The number of carbonyl (C=O) groups is 1. The summed E-state index contributed by atoms with van der Waals surface area (Å²) in [4.78, 5) is 12.6. The maximum Gasteiger partial charge on any atom is 0.228 e. The quantitative estimate of drug-likeness (QED) is 0.572. The van der Waals surface area contributed by atoms with Crippen molar-refractivity contribution in [2.45, 2.75) is 37.1 Å². The first kappa shape index (κ1) is 20.4. The molecule has 2 aromatic carbocycles. The maximum absolute atomic E-state index is 12.6. The van der Waals surface area contributed by atoms with Gasteiger partial charge in [0.1, 0.15) is 53.0 Å². The van der Waals surface area contributed by atoms with Gasteiger partial charge in [-0.3, -0.25) is 4.79 Å². The van der Waals surface area contributed by atoms with Crippen molar-refractivity contribution in [3.05, 3.63) is 47.5 Å². The van der Waals surface area contributed by atoms with Crippen LogP contribution in [0.4, 0.5) is 0 Å². The van der Waals surface area contributed by atoms with E-state index in [9.17, 15) is 25.2 Å². The molecule has 30 heavy (non-hydrogen) atoms. The summed E-state index contributed by atoms with van der Waals surface area (Å²) in [6.07, 6.45) is -5.94. The molecule has 160 valence electrons. The van der Waals surface area contributed by atoms with Crippen LogP contribution in [0.15, 0.2) is 36.4 Å². The third-order valence-electron chi connectivity index (χ3n) is 5.17. The number of Topliss-reactive ketones (excluding diaryl/α,β-unsaturated/α-hetero) is 1. The largest absolute Gasteiger partial charge is 0.507 e. The minimum Gasteiger partial charge on any atom is -0.507 e. The van der Waals surface area contributed by atoms with E-state index in [4.69, 9.17) is 18.9 Å². The third-order valence-corrected chi connectivity index (χ3v) is 5.17. The van der Waals surface area contributed by atoms with E-state index in [0.29, 0.717) is 5.75 Å². The van der Waals surface area contributed by atoms with Gasteiger partial charge in [-0.25, -0.2) is 0 Å². The van der Waals surface area contributed by atoms with Crippen molar-refractivity contribution in [3.63, 3.8) is 0 Å². The van der Waals surface area contributed by atoms with E-state index >= 15 is 0 Å². The monoisotopic (exact) mass is 418 g/mol. The molecule has 0 aliphatic carbocycles. The Bertz CT molecular complexity index is 927. The summed E-state index contributed by atoms with van der Waals surface area (Å²) < 4.78 is 21.8. The number of phenols is 1. The second-order valence-electron chi connectivity index (χ2n) is 7.19. The molecule has 0 amide bonds. The van der Waals surface area contributed by atoms with Crippen LogP contribution in [0.1, 0.15) is 28.4 Å². The molecule has 0 radical (unpaired) electrons. The lowest BCUT2D eigenvalue weighted by atomic mass is 9.95. The van der Waals surface area contributed by atoms with E-state index in [-0.39, 0.29) is 41.6 Å². The average Bonchev–Trinajstić information content (AvgIpc) is 2.73. The van der Waals surface area contributed by atoms with Gasteiger partial charge in [0.05, 0.1) is 20.1 Å². The second-order valence-corrected chi connectivity index (χ2v) is 7.19. The van der Waals surface area contributed by atoms with Crippen molar-refractivity contribution in [3.8, 4) is 23.0 Å². The number of carbonyl (C=O) groups excluding carboxylic acids is 1. The standard InChI is InChI=1S/C21H22O9/c1-27-11-4-2-10(3-5-11)16-8-14(23)18-13(22)6-12(7-17(18)30-16)29-21-20(26)19(25)15(24)9-28-21/h2-7,15-16,19-22,24-26H,8-9H2,1H3. The number of phenolic OH excluding ortho intramolecular Hbond substituents is 1. The number of rotatable bonds is 4. The maximum atomic E-state index is 12.6. The highest BCUT2D eigenvalue weighted by molar-refractivity contribution is 6.02. The molecular weight excluding hydrogens is 396 g/mol. The summed E-state index contributed by atoms with van der Waals surface area (Å²) in [5, 5.41) is 39.7. The van der Waals surface area contributed by atoms with E-state index in [2.05, 4.69) is 0 Å². The zero-order valence-electron chi connectivity index (χ0n) is 16.1. The molecule has 0 aromatic heterocycles. The summed E-state index contributed by atoms with van der Waals surface area (Å²) in [5.41, 5.74) is 0.816. The number of methoxy groups -OCH3 is 1. The molecule has 0 saturated carbocycles. The fraction of sp³-hybridized carbons (Fsp3) is 0.381. The number of benzene rings is 2. The molecule has 2 aliphatic rings. The van der Waals surface area contributed by atoms with E-state index in [1.54, 1.807) is 31.4 Å². The Morgan fingerprint density at radius 2 is 1.77 bits per heavy atom. The van der Waals surface area contributed by atoms with E-state index in [1.807, 2.05) is 0 Å². The van der Waals surface area contributed by atoms with Crippen LogP contribution in [0.5, 0.6) is 23.0 Å². The van der Waals surface area contributed by atoms with Gasteiger partial charge in [0.15, 0.2) is 5.78 Å². The number of hydrogen-bond acceptors (Lipinski definition) is 9. The van der Waals surface area contributed by atoms with Gasteiger partial charge in [-0.15, -0.1) is 0 Å². The van der Waals surface area contributed by atoms with Crippen molar-refractivity contribution < 1.29 is 44.2 Å². The molecule has 5 unspecified atom stereocenters. The highest BCUT2D eigenvalue weighted by Crippen LogP contribution is 2.42. The Balaban J connectivity index is 1.57. The molecule has 4 rings (SSSR count). The van der Waals surface area contributed by atoms with Crippen LogP contribution in [0.25, 0.3) is 0 Å². The molecule has 2 aromatic rings. The van der Waals surface area contributed by atoms with Crippen molar-refractivity contribution in [2.24, 2.45) is 0 Å². The van der Waals surface area contributed by atoms with E-state index < -0.39 is 30.7 Å². The van der Waals surface area contributed by atoms with Crippen LogP contribution in [0, 0.1) is 0 Å². The molecule has 0 bridgehead atoms. The molecule has 1 fully saturated rings. The number of ketones is 1. The van der Waals surface area contributed by atoms with Gasteiger partial charge in [0.25, 0.3) is 0 Å². The number of ether oxygens (including phenoxy) is 4. The van der Waals surface area contributed by atoms with Gasteiger partial charge in [-0.05, 0) is 17.7 Å². The molecule has 9 heteroatoms. The number of hydrogen-bond donors (Lipinski definition) is 4. The van der Waals surface area contributed by atoms with E-state index in [1.165, 1.54) is 12.1 Å². The molecule has 5 atom stereocenters. The van der Waals surface area contributed by atoms with Crippen LogP contribution < -0.4 is 14.2 Å². The summed E-state index contributed by atoms with van der Waals surface area (Å²) in [7, 11) is 1.56. The molecule has 9 nitrogen and oxygen atoms in total. The van der Waals surface area contributed by atoms with Crippen molar-refractivity contribution in [2.75, 3.05) is 13.7 Å². The van der Waals surface area contributed by atoms with Crippen molar-refractivity contribution >= 4 is 5.78 Å².